The van der Waals surface area contributed by atoms with Gasteiger partial charge in [-0.1, -0.05) is 71.2 Å². The van der Waals surface area contributed by atoms with Gasteiger partial charge in [0, 0.05) is 160 Å². The number of nitrogens with zero attached hydrogens (tertiary/aromatic N) is 17. The molecule has 0 spiro atoms. The molecule has 11 aromatic rings. The number of aromatic amines is 1. The summed E-state index contributed by atoms with van der Waals surface area (Å²) < 4.78 is 8.14. The van der Waals surface area contributed by atoms with Crippen LogP contribution in [0.4, 0.5) is 0 Å². The molecule has 0 bridgehead atoms. The summed E-state index contributed by atoms with van der Waals surface area (Å²) in [5, 5.41) is 41.0. The summed E-state index contributed by atoms with van der Waals surface area (Å²) >= 11 is 23.7. The van der Waals surface area contributed by atoms with Gasteiger partial charge in [-0.25, -0.2) is 9.97 Å². The van der Waals surface area contributed by atoms with E-state index >= 15 is 0 Å². The summed E-state index contributed by atoms with van der Waals surface area (Å²) in [6, 6.07) is 22.1. The van der Waals surface area contributed by atoms with Crippen molar-refractivity contribution in [3.63, 3.8) is 0 Å². The van der Waals surface area contributed by atoms with Crippen LogP contribution in [0.25, 0.3) is 15.0 Å². The number of aliphatic imine (C=N–C) groups is 3. The molecule has 3 amide bonds. The molecule has 4 aliphatic rings. The second kappa shape index (κ2) is 32.9. The lowest BCUT2D eigenvalue weighted by atomic mass is 10.00. The number of piperazine rings is 1. The quantitative estimate of drug-likeness (QED) is 0.0587. The fraction of sp³-hybridized carbons (Fsp3) is 0.368. The van der Waals surface area contributed by atoms with Crippen molar-refractivity contribution in [2.45, 2.75) is 119 Å². The fourth-order valence-electron chi connectivity index (χ4n) is 13.3. The van der Waals surface area contributed by atoms with E-state index in [1.54, 1.807) is 52.7 Å². The number of imidazole rings is 2. The highest BCUT2D eigenvalue weighted by Crippen LogP contribution is 2.42. The van der Waals surface area contributed by atoms with Gasteiger partial charge in [-0.05, 0) is 142 Å². The third-order valence-corrected chi connectivity index (χ3v) is 23.9. The van der Waals surface area contributed by atoms with E-state index < -0.39 is 6.04 Å². The molecule has 0 unspecified atom stereocenters. The monoisotopic (exact) mass is 1540 g/mol. The first-order valence-corrected chi connectivity index (χ1v) is 38.9. The van der Waals surface area contributed by atoms with Crippen LogP contribution in [0.5, 0.6) is 0 Å². The van der Waals surface area contributed by atoms with Crippen LogP contribution in [-0.4, -0.2) is 168 Å². The van der Waals surface area contributed by atoms with Crippen LogP contribution < -0.4 is 16.0 Å². The van der Waals surface area contributed by atoms with E-state index in [4.69, 9.17) is 49.8 Å². The highest BCUT2D eigenvalue weighted by Gasteiger charge is 2.36. The molecule has 12 heterocycles. The number of likely N-dealkylation sites (N-methyl/N-ethyl adjacent to an activating group) is 1. The number of carbonyl (C=O) groups excluding carboxylic acids is 3. The van der Waals surface area contributed by atoms with Crippen molar-refractivity contribution in [3.8, 4) is 15.0 Å². The standard InChI is InChI=1S/C27H34ClN7OS.C25H26ClN7OS.C24H24ClN7OS/c1-17-18(2)37-27-24(17)25(20-7-9-21(28)10-8-20)30-22(26-32-31-19(3)35(26)27)16-29-23(36)6-5-11-34-14-12-33(4)13-15-34;1-14-15(2)35-25-22(14)23(17-5-7-18(26)8-6-17)29-20(24-31-30-16(3)33(24)25)11-27-21(34)10-9-19-12-32(4)13-28-19;1-13-14(2)34-24-21(13)22(16-4-6-17(25)7-5-16)29-18(23-31-30-15(3)32(23)24)12-28-20(33)9-8-19-26-10-11-27-19/h7-10,22H,5-6,11-16H2,1-4H3,(H,29,36);5-8,12-13,20H,9-11H2,1-4H3,(H,27,34);4-7,10-11,18H,8-9,12H2,1-3H3,(H,26,27)(H,28,33)/t22-;20-;18-/m000/s1. The van der Waals surface area contributed by atoms with Gasteiger partial charge in [0.15, 0.2) is 17.5 Å². The maximum absolute atomic E-state index is 12.8. The summed E-state index contributed by atoms with van der Waals surface area (Å²) in [5.74, 6) is 5.32. The molecule has 106 heavy (non-hydrogen) atoms. The Bertz CT molecular complexity index is 5110. The molecule has 3 atom stereocenters. The minimum Gasteiger partial charge on any atom is -0.353 e. The predicted octanol–water partition coefficient (Wildman–Crippen LogP) is 12.5. The first kappa shape index (κ1) is 75.1. The molecule has 1 fully saturated rings. The number of amides is 3. The van der Waals surface area contributed by atoms with Crippen LogP contribution >= 0.6 is 68.8 Å². The van der Waals surface area contributed by atoms with Crippen LogP contribution in [0.2, 0.25) is 15.1 Å². The molecule has 24 nitrogen and oxygen atoms in total. The van der Waals surface area contributed by atoms with Gasteiger partial charge in [0.1, 0.15) is 56.4 Å². The number of hydrogen-bond donors (Lipinski definition) is 4. The van der Waals surface area contributed by atoms with Crippen molar-refractivity contribution < 1.29 is 14.4 Å². The van der Waals surface area contributed by atoms with Crippen LogP contribution in [0.15, 0.2) is 113 Å². The van der Waals surface area contributed by atoms with Crippen molar-refractivity contribution in [1.29, 1.82) is 0 Å². The topological polar surface area (TPSA) is 269 Å². The molecule has 0 radical (unpaired) electrons. The number of rotatable bonds is 19. The van der Waals surface area contributed by atoms with E-state index in [1.165, 1.54) is 31.3 Å². The van der Waals surface area contributed by atoms with Crippen molar-refractivity contribution in [2.75, 3.05) is 59.4 Å². The van der Waals surface area contributed by atoms with Gasteiger partial charge in [0.2, 0.25) is 17.7 Å². The number of halogens is 3. The summed E-state index contributed by atoms with van der Waals surface area (Å²) in [7, 11) is 4.07. The number of aromatic nitrogens is 13. The Balaban J connectivity index is 0.000000141. The van der Waals surface area contributed by atoms with Gasteiger partial charge in [-0.2, -0.15) is 0 Å². The van der Waals surface area contributed by atoms with E-state index in [2.05, 4.69) is 134 Å². The Hall–Kier alpha value is -9.19. The second-order valence-electron chi connectivity index (χ2n) is 26.9. The summed E-state index contributed by atoms with van der Waals surface area (Å²) in [5.41, 5.74) is 13.2. The van der Waals surface area contributed by atoms with E-state index in [9.17, 15) is 14.4 Å². The average molecular weight is 1540 g/mol. The van der Waals surface area contributed by atoms with Gasteiger partial charge >= 0.3 is 0 Å². The Labute approximate surface area is 642 Å². The lowest BCUT2D eigenvalue weighted by Gasteiger charge is -2.32. The molecule has 550 valence electrons. The van der Waals surface area contributed by atoms with Gasteiger partial charge < -0.3 is 35.3 Å². The van der Waals surface area contributed by atoms with Gasteiger partial charge in [0.25, 0.3) is 0 Å². The first-order valence-electron chi connectivity index (χ1n) is 35.3. The summed E-state index contributed by atoms with van der Waals surface area (Å²) in [6.45, 7) is 24.9. The van der Waals surface area contributed by atoms with Crippen molar-refractivity contribution in [2.24, 2.45) is 22.0 Å². The fourth-order valence-corrected chi connectivity index (χ4v) is 17.4. The zero-order valence-electron chi connectivity index (χ0n) is 61.1. The van der Waals surface area contributed by atoms with Crippen LogP contribution in [0.3, 0.4) is 0 Å². The molecular weight excluding hydrogens is 1460 g/mol. The van der Waals surface area contributed by atoms with Crippen LogP contribution in [0.1, 0.15) is 155 Å². The number of nitrogens with one attached hydrogen (secondary N) is 4. The predicted molar refractivity (Wildman–Crippen MR) is 420 cm³/mol. The molecule has 0 saturated carbocycles. The number of benzene rings is 3. The lowest BCUT2D eigenvalue weighted by Crippen LogP contribution is -2.44. The molecule has 8 aromatic heterocycles. The lowest BCUT2D eigenvalue weighted by molar-refractivity contribution is -0.122. The number of thiophene rings is 3. The molecule has 30 heteroatoms. The zero-order chi connectivity index (χ0) is 74.6. The third kappa shape index (κ3) is 16.5. The first-order chi connectivity index (χ1) is 51.0. The number of H-pyrrole nitrogens is 1. The highest BCUT2D eigenvalue weighted by molar-refractivity contribution is 7.15. The minimum atomic E-state index is -0.390. The Morgan fingerprint density at radius 1 is 0.491 bits per heavy atom. The van der Waals surface area contributed by atoms with Gasteiger partial charge in [0.05, 0.1) is 29.2 Å². The van der Waals surface area contributed by atoms with Crippen molar-refractivity contribution in [3.05, 3.63) is 224 Å². The molecule has 4 N–H and O–H groups in total. The van der Waals surface area contributed by atoms with Gasteiger partial charge in [-0.15, -0.1) is 64.6 Å². The molecule has 15 rings (SSSR count). The Kier molecular flexibility index (Phi) is 23.3. The second-order valence-corrected chi connectivity index (χ2v) is 31.9. The molecular formula is C76H84Cl3N21O3S3. The van der Waals surface area contributed by atoms with Crippen molar-refractivity contribution >= 4 is 104 Å². The smallest absolute Gasteiger partial charge is 0.220 e. The summed E-state index contributed by atoms with van der Waals surface area (Å²) in [4.78, 5) is 73.5. The Morgan fingerprint density at radius 3 is 1.23 bits per heavy atom. The minimum absolute atomic E-state index is 0.0474. The van der Waals surface area contributed by atoms with Crippen LogP contribution in [0, 0.1) is 62.3 Å². The molecule has 0 aliphatic carbocycles. The van der Waals surface area contributed by atoms with E-state index in [0.29, 0.717) is 66.8 Å². The maximum atomic E-state index is 12.8. The average Bonchev–Trinajstić information content (AvgIpc) is 1.61. The van der Waals surface area contributed by atoms with E-state index in [0.717, 1.165) is 151 Å². The normalized spacial score (nSPS) is 16.0. The SMILES string of the molecule is Cc1sc2c(c1C)C(c1ccc(Cl)cc1)=N[C@@H](CNC(=O)CCCN1CCN(C)CC1)c1nnc(C)n1-2.Cc1sc2c(c1C)C(c1ccc(Cl)cc1)=N[C@@H](CNC(=O)CCc1cn(C)cn1)c1nnc(C)n1-2.Cc1sc2c(c1C)C(c1ccc(Cl)cc1)=N[C@@H](CNC(=O)CCc1ncc[nH]1)c1nnc(C)n1-2. The number of carbonyl (C=O) groups is 3. The number of hydrogen-bond acceptors (Lipinski definition) is 19. The maximum Gasteiger partial charge on any atom is 0.220 e. The number of fused-ring (bicyclic) bond motifs is 9. The Morgan fingerprint density at radius 2 is 0.868 bits per heavy atom. The van der Waals surface area contributed by atoms with E-state index in [-0.39, 0.29) is 29.8 Å². The summed E-state index contributed by atoms with van der Waals surface area (Å²) in [6.07, 6.45) is 10.3. The zero-order valence-corrected chi connectivity index (χ0v) is 65.8. The van der Waals surface area contributed by atoms with Crippen molar-refractivity contribution in [1.82, 2.24) is 89.6 Å². The van der Waals surface area contributed by atoms with E-state index in [1.807, 2.05) is 111 Å². The number of aryl methyl sites for hydroxylation is 9. The third-order valence-electron chi connectivity index (χ3n) is 19.5. The molecule has 4 aliphatic heterocycles. The van der Waals surface area contributed by atoms with Crippen LogP contribution in [-0.2, 0) is 34.3 Å². The van der Waals surface area contributed by atoms with Gasteiger partial charge in [-0.3, -0.25) is 43.1 Å². The molecule has 1 saturated heterocycles. The largest absolute Gasteiger partial charge is 0.353 e. The molecule has 3 aromatic carbocycles. The highest BCUT2D eigenvalue weighted by atomic mass is 35.5.